The molecule has 0 saturated carbocycles. The lowest BCUT2D eigenvalue weighted by atomic mass is 10.1. The van der Waals surface area contributed by atoms with Crippen LogP contribution in [-0.2, 0) is 6.54 Å². The Bertz CT molecular complexity index is 1070. The number of aromatic amines is 1. The maximum Gasteiger partial charge on any atom is 0.329 e. The van der Waals surface area contributed by atoms with Gasteiger partial charge in [0.05, 0.1) is 17.0 Å². The highest BCUT2D eigenvalue weighted by atomic mass is 19.1. The largest absolute Gasteiger partial charge is 0.545 e. The van der Waals surface area contributed by atoms with Crippen LogP contribution >= 0.6 is 0 Å². The minimum Gasteiger partial charge on any atom is -0.545 e. The quantitative estimate of drug-likeness (QED) is 0.743. The van der Waals surface area contributed by atoms with Crippen molar-refractivity contribution < 1.29 is 14.3 Å². The number of carboxylic acids is 1. The number of H-pyrrole nitrogens is 1. The van der Waals surface area contributed by atoms with E-state index in [4.69, 9.17) is 0 Å². The van der Waals surface area contributed by atoms with Gasteiger partial charge in [0.15, 0.2) is 5.65 Å². The van der Waals surface area contributed by atoms with Gasteiger partial charge in [0.25, 0.3) is 5.56 Å². The maximum absolute atomic E-state index is 13.1. The molecule has 0 spiro atoms. The number of fused-ring (bicyclic) bond motifs is 1. The van der Waals surface area contributed by atoms with Crippen molar-refractivity contribution in [2.75, 3.05) is 0 Å². The van der Waals surface area contributed by atoms with Crippen LogP contribution in [0.1, 0.15) is 17.3 Å². The molecule has 1 aromatic carbocycles. The zero-order valence-corrected chi connectivity index (χ0v) is 12.5. The summed E-state index contributed by atoms with van der Waals surface area (Å²) in [6.45, 7) is 1.84. The van der Waals surface area contributed by atoms with Crippen molar-refractivity contribution in [1.29, 1.82) is 0 Å². The minimum absolute atomic E-state index is 0.0627. The molecule has 0 aliphatic rings. The van der Waals surface area contributed by atoms with Gasteiger partial charge < -0.3 is 9.90 Å². The summed E-state index contributed by atoms with van der Waals surface area (Å²) in [7, 11) is 0. The van der Waals surface area contributed by atoms with E-state index < -0.39 is 23.0 Å². The number of aromatic nitrogens is 3. The topological polar surface area (TPSA) is 108 Å². The highest BCUT2D eigenvalue weighted by Crippen LogP contribution is 2.22. The van der Waals surface area contributed by atoms with Crippen LogP contribution in [0.15, 0.2) is 39.9 Å². The molecule has 7 nitrogen and oxygen atoms in total. The second-order valence-corrected chi connectivity index (χ2v) is 5.05. The van der Waals surface area contributed by atoms with Crippen LogP contribution < -0.4 is 16.4 Å². The number of carbonyl (C=O) groups is 1. The second-order valence-electron chi connectivity index (χ2n) is 5.05. The Labute approximate surface area is 134 Å². The number of hydrogen-bond acceptors (Lipinski definition) is 5. The molecule has 1 N–H and O–H groups in total. The van der Waals surface area contributed by atoms with Gasteiger partial charge in [0, 0.05) is 17.7 Å². The maximum atomic E-state index is 13.1. The van der Waals surface area contributed by atoms with Gasteiger partial charge in [0.2, 0.25) is 0 Å². The van der Waals surface area contributed by atoms with E-state index in [0.29, 0.717) is 5.56 Å². The average Bonchev–Trinajstić information content (AvgIpc) is 2.54. The van der Waals surface area contributed by atoms with Crippen molar-refractivity contribution >= 4 is 17.0 Å². The summed E-state index contributed by atoms with van der Waals surface area (Å²) < 4.78 is 14.2. The Hall–Kier alpha value is -3.29. The molecule has 122 valence electrons. The van der Waals surface area contributed by atoms with E-state index in [2.05, 4.69) is 9.97 Å². The fourth-order valence-electron chi connectivity index (χ4n) is 2.50. The normalized spacial score (nSPS) is 10.9. The number of nitrogens with one attached hydrogen (secondary N) is 1. The predicted molar refractivity (Wildman–Crippen MR) is 82.0 cm³/mol. The second kappa shape index (κ2) is 5.73. The monoisotopic (exact) mass is 328 g/mol. The first kappa shape index (κ1) is 15.6. The Morgan fingerprint density at radius 1 is 1.29 bits per heavy atom. The van der Waals surface area contributed by atoms with E-state index in [1.807, 2.05) is 0 Å². The van der Waals surface area contributed by atoms with Crippen molar-refractivity contribution in [2.45, 2.75) is 13.5 Å². The van der Waals surface area contributed by atoms with E-state index >= 15 is 0 Å². The lowest BCUT2D eigenvalue weighted by molar-refractivity contribution is -0.254. The van der Waals surface area contributed by atoms with Crippen molar-refractivity contribution in [3.8, 4) is 11.3 Å². The Morgan fingerprint density at radius 2 is 1.96 bits per heavy atom. The molecule has 0 amide bonds. The molecule has 24 heavy (non-hydrogen) atoms. The summed E-state index contributed by atoms with van der Waals surface area (Å²) in [6.07, 6.45) is 0. The fraction of sp³-hybridized carbons (Fsp3) is 0.125. The number of carboxylic acid groups (broad SMARTS) is 1. The molecule has 0 saturated heterocycles. The smallest absolute Gasteiger partial charge is 0.329 e. The molecule has 0 unspecified atom stereocenters. The molecule has 3 aromatic rings. The molecule has 2 aromatic heterocycles. The van der Waals surface area contributed by atoms with Crippen LogP contribution in [0, 0.1) is 5.82 Å². The van der Waals surface area contributed by atoms with E-state index in [-0.39, 0.29) is 28.8 Å². The van der Waals surface area contributed by atoms with E-state index in [1.165, 1.54) is 30.3 Å². The number of rotatable bonds is 3. The summed E-state index contributed by atoms with van der Waals surface area (Å²) >= 11 is 0. The van der Waals surface area contributed by atoms with Gasteiger partial charge in [-0.1, -0.05) is 0 Å². The summed E-state index contributed by atoms with van der Waals surface area (Å²) in [6, 6.07) is 6.41. The van der Waals surface area contributed by atoms with Crippen LogP contribution in [0.5, 0.6) is 0 Å². The Morgan fingerprint density at radius 3 is 2.54 bits per heavy atom. The molecule has 3 rings (SSSR count). The fourth-order valence-corrected chi connectivity index (χ4v) is 2.50. The summed E-state index contributed by atoms with van der Waals surface area (Å²) in [5.74, 6) is -2.03. The SMILES string of the molecule is CCn1c(=O)[nH]c(=O)c2c(C(=O)[O-])cc(-c3ccc(F)cc3)nc21. The van der Waals surface area contributed by atoms with Gasteiger partial charge in [-0.15, -0.1) is 0 Å². The van der Waals surface area contributed by atoms with Crippen molar-refractivity contribution in [2.24, 2.45) is 0 Å². The van der Waals surface area contributed by atoms with Gasteiger partial charge >= 0.3 is 5.69 Å². The highest BCUT2D eigenvalue weighted by Gasteiger charge is 2.15. The lowest BCUT2D eigenvalue weighted by Gasteiger charge is -2.13. The molecule has 0 atom stereocenters. The number of carbonyl (C=O) groups excluding carboxylic acids is 1. The average molecular weight is 328 g/mol. The highest BCUT2D eigenvalue weighted by molar-refractivity contribution is 6.01. The predicted octanol–water partition coefficient (Wildman–Crippen LogP) is 0.274. The van der Waals surface area contributed by atoms with Gasteiger partial charge in [-0.25, -0.2) is 14.2 Å². The van der Waals surface area contributed by atoms with Crippen molar-refractivity contribution in [3.63, 3.8) is 0 Å². The minimum atomic E-state index is -1.57. The molecule has 0 bridgehead atoms. The molecular formula is C16H11FN3O4-. The third kappa shape index (κ3) is 2.47. The van der Waals surface area contributed by atoms with Crippen LogP contribution in [0.25, 0.3) is 22.3 Å². The van der Waals surface area contributed by atoms with Crippen molar-refractivity contribution in [1.82, 2.24) is 14.5 Å². The van der Waals surface area contributed by atoms with Gasteiger partial charge in [-0.2, -0.15) is 0 Å². The number of pyridine rings is 1. The van der Waals surface area contributed by atoms with E-state index in [1.54, 1.807) is 6.92 Å². The third-order valence-electron chi connectivity index (χ3n) is 3.62. The molecule has 8 heteroatoms. The zero-order valence-electron chi connectivity index (χ0n) is 12.5. The van der Waals surface area contributed by atoms with Gasteiger partial charge in [-0.05, 0) is 37.3 Å². The summed E-state index contributed by atoms with van der Waals surface area (Å²) in [5.41, 5.74) is -1.36. The third-order valence-corrected chi connectivity index (χ3v) is 3.62. The van der Waals surface area contributed by atoms with Crippen LogP contribution in [0.4, 0.5) is 4.39 Å². The van der Waals surface area contributed by atoms with Gasteiger partial charge in [-0.3, -0.25) is 14.3 Å². The first-order chi connectivity index (χ1) is 11.4. The number of aryl methyl sites for hydroxylation is 1. The number of hydrogen-bond donors (Lipinski definition) is 1. The molecule has 0 radical (unpaired) electrons. The zero-order chi connectivity index (χ0) is 17.4. The van der Waals surface area contributed by atoms with Gasteiger partial charge in [0.1, 0.15) is 5.82 Å². The van der Waals surface area contributed by atoms with Crippen LogP contribution in [0.2, 0.25) is 0 Å². The number of aromatic carboxylic acids is 1. The standard InChI is InChI=1S/C16H12FN3O4/c1-2-20-13-12(14(21)19-16(20)24)10(15(22)23)7-11(18-13)8-3-5-9(17)6-4-8/h3-7H,2H2,1H3,(H,22,23)(H,19,21,24)/p-1. The van der Waals surface area contributed by atoms with E-state index in [0.717, 1.165) is 4.57 Å². The first-order valence-electron chi connectivity index (χ1n) is 7.07. The van der Waals surface area contributed by atoms with E-state index in [9.17, 15) is 23.9 Å². The molecule has 2 heterocycles. The Kier molecular flexibility index (Phi) is 3.72. The molecule has 0 aliphatic heterocycles. The molecule has 0 fully saturated rings. The number of halogens is 1. The Balaban J connectivity index is 2.46. The number of nitrogens with zero attached hydrogens (tertiary/aromatic N) is 2. The summed E-state index contributed by atoms with van der Waals surface area (Å²) in [5, 5.41) is 11.2. The summed E-state index contributed by atoms with van der Waals surface area (Å²) in [4.78, 5) is 41.7. The van der Waals surface area contributed by atoms with Crippen molar-refractivity contribution in [3.05, 3.63) is 62.6 Å². The number of benzene rings is 1. The molecule has 0 aliphatic carbocycles. The van der Waals surface area contributed by atoms with Crippen LogP contribution in [-0.4, -0.2) is 20.5 Å². The molecular weight excluding hydrogens is 317 g/mol. The first-order valence-corrected chi connectivity index (χ1v) is 7.07. The lowest BCUT2D eigenvalue weighted by Crippen LogP contribution is -2.33. The van der Waals surface area contributed by atoms with Crippen LogP contribution in [0.3, 0.4) is 0 Å².